The fourth-order valence-electron chi connectivity index (χ4n) is 6.76. The Bertz CT molecular complexity index is 2660. The van der Waals surface area contributed by atoms with Gasteiger partial charge in [-0.25, -0.2) is 0 Å². The van der Waals surface area contributed by atoms with Gasteiger partial charge in [0.05, 0.1) is 11.4 Å². The molecule has 0 fully saturated rings. The molecule has 1 heterocycles. The second kappa shape index (κ2) is 13.5. The van der Waals surface area contributed by atoms with E-state index < -0.39 is 0 Å². The quantitative estimate of drug-likeness (QED) is 0.130. The van der Waals surface area contributed by atoms with Crippen molar-refractivity contribution in [3.05, 3.63) is 193 Å². The van der Waals surface area contributed by atoms with Crippen molar-refractivity contribution >= 4 is 60.6 Å². The van der Waals surface area contributed by atoms with Crippen LogP contribution in [0.3, 0.4) is 0 Å². The number of rotatable bonds is 4. The molecule has 242 valence electrons. The molecule has 9 rings (SSSR count). The molecular weight excluding hydrogens is 621 g/mol. The molecule has 1 aliphatic rings. The average Bonchev–Trinajstić information content (AvgIpc) is 3.19. The predicted octanol–water partition coefficient (Wildman–Crippen LogP) is 11.7. The normalized spacial score (nSPS) is 12.7. The van der Waals surface area contributed by atoms with Crippen molar-refractivity contribution in [1.82, 2.24) is 4.98 Å². The van der Waals surface area contributed by atoms with Crippen LogP contribution in [-0.2, 0) is 0 Å². The van der Waals surface area contributed by atoms with E-state index in [1.807, 2.05) is 66.9 Å². The summed E-state index contributed by atoms with van der Waals surface area (Å²) >= 11 is 0. The van der Waals surface area contributed by atoms with E-state index in [1.54, 1.807) is 12.3 Å². The summed E-state index contributed by atoms with van der Waals surface area (Å²) < 4.78 is 0. The summed E-state index contributed by atoms with van der Waals surface area (Å²) in [6.45, 7) is 0. The second-order valence-electron chi connectivity index (χ2n) is 12.6. The third-order valence-electron chi connectivity index (χ3n) is 9.40. The van der Waals surface area contributed by atoms with Crippen LogP contribution in [0.2, 0.25) is 0 Å². The highest BCUT2D eigenvalue weighted by atomic mass is 14.6. The molecule has 1 aromatic heterocycles. The van der Waals surface area contributed by atoms with Crippen molar-refractivity contribution in [2.24, 2.45) is 0 Å². The summed E-state index contributed by atoms with van der Waals surface area (Å²) in [5.74, 6) is 0. The van der Waals surface area contributed by atoms with Crippen molar-refractivity contribution in [2.45, 2.75) is 0 Å². The molecule has 0 bridgehead atoms. The summed E-state index contributed by atoms with van der Waals surface area (Å²) in [4.78, 5) is 4.20. The number of nitrogen functional groups attached to an aromatic ring is 1. The first-order chi connectivity index (χ1) is 25.0. The minimum absolute atomic E-state index is 0.244. The number of anilines is 1. The Morgan fingerprint density at radius 2 is 1.04 bits per heavy atom. The van der Waals surface area contributed by atoms with E-state index in [9.17, 15) is 0 Å². The Morgan fingerprint density at radius 1 is 0.451 bits per heavy atom. The SMILES string of the molecule is N=C1C=C(c2cccc3ccccc23)C=C(c2cccc3ccccc23)C1=N.Nc1ccc(-c2ccc3ccc(-c4cccnc4)cc3c2)cc1. The van der Waals surface area contributed by atoms with Gasteiger partial charge in [-0.15, -0.1) is 0 Å². The van der Waals surface area contributed by atoms with Gasteiger partial charge in [0.1, 0.15) is 0 Å². The Balaban J connectivity index is 0.000000150. The van der Waals surface area contributed by atoms with Gasteiger partial charge in [0.15, 0.2) is 0 Å². The monoisotopic (exact) mass is 654 g/mol. The lowest BCUT2D eigenvalue weighted by Gasteiger charge is -2.19. The summed E-state index contributed by atoms with van der Waals surface area (Å²) in [5.41, 5.74) is 15.6. The molecule has 0 unspecified atom stereocenters. The third kappa shape index (κ3) is 6.34. The van der Waals surface area contributed by atoms with Gasteiger partial charge < -0.3 is 5.73 Å². The molecule has 0 aliphatic heterocycles. The van der Waals surface area contributed by atoms with Crippen LogP contribution in [0.25, 0.3) is 65.7 Å². The van der Waals surface area contributed by atoms with Gasteiger partial charge in [0.2, 0.25) is 0 Å². The number of allylic oxidation sites excluding steroid dienone is 4. The van der Waals surface area contributed by atoms with Crippen molar-refractivity contribution < 1.29 is 0 Å². The number of nitrogens with one attached hydrogen (secondary N) is 2. The van der Waals surface area contributed by atoms with Crippen LogP contribution in [0.5, 0.6) is 0 Å². The van der Waals surface area contributed by atoms with Gasteiger partial charge >= 0.3 is 0 Å². The minimum Gasteiger partial charge on any atom is -0.399 e. The number of nitrogens with two attached hydrogens (primary N) is 1. The minimum atomic E-state index is 0.244. The van der Waals surface area contributed by atoms with Crippen LogP contribution in [0.15, 0.2) is 182 Å². The first-order valence-corrected chi connectivity index (χ1v) is 16.9. The van der Waals surface area contributed by atoms with Crippen LogP contribution >= 0.6 is 0 Å². The average molecular weight is 655 g/mol. The Labute approximate surface area is 296 Å². The van der Waals surface area contributed by atoms with Crippen molar-refractivity contribution in [1.29, 1.82) is 10.8 Å². The highest BCUT2D eigenvalue weighted by Gasteiger charge is 2.20. The van der Waals surface area contributed by atoms with E-state index in [4.69, 9.17) is 16.6 Å². The maximum atomic E-state index is 8.54. The number of hydrogen-bond acceptors (Lipinski definition) is 4. The van der Waals surface area contributed by atoms with Crippen LogP contribution in [-0.4, -0.2) is 16.4 Å². The van der Waals surface area contributed by atoms with Gasteiger partial charge in [0.25, 0.3) is 0 Å². The molecule has 4 N–H and O–H groups in total. The van der Waals surface area contributed by atoms with Crippen LogP contribution < -0.4 is 5.73 Å². The van der Waals surface area contributed by atoms with Crippen LogP contribution in [0.1, 0.15) is 11.1 Å². The number of nitrogens with zero attached hydrogens (tertiary/aromatic N) is 1. The van der Waals surface area contributed by atoms with E-state index in [0.29, 0.717) is 0 Å². The van der Waals surface area contributed by atoms with E-state index in [0.717, 1.165) is 49.7 Å². The maximum Gasteiger partial charge on any atom is 0.0868 e. The largest absolute Gasteiger partial charge is 0.399 e. The van der Waals surface area contributed by atoms with E-state index >= 15 is 0 Å². The van der Waals surface area contributed by atoms with Gasteiger partial charge in [-0.1, -0.05) is 127 Å². The number of benzene rings is 7. The first kappa shape index (κ1) is 31.4. The molecule has 0 atom stereocenters. The molecule has 4 nitrogen and oxygen atoms in total. The summed E-state index contributed by atoms with van der Waals surface area (Å²) in [6, 6.07) is 54.0. The molecule has 51 heavy (non-hydrogen) atoms. The van der Waals surface area contributed by atoms with E-state index in [-0.39, 0.29) is 11.4 Å². The van der Waals surface area contributed by atoms with Crippen molar-refractivity contribution in [3.8, 4) is 22.3 Å². The molecule has 0 saturated carbocycles. The zero-order valence-electron chi connectivity index (χ0n) is 27.8. The summed E-state index contributed by atoms with van der Waals surface area (Å²) in [5, 5.41) is 24.0. The molecule has 0 spiro atoms. The molecule has 4 heteroatoms. The standard InChI is InChI=1S/C26H18N2.C21H16N2/c27-25-16-19(22-13-5-9-17-7-1-3-11-20(17)22)15-24(26(25)28)23-14-6-10-18-8-2-4-12-21(18)23;22-21-9-7-15(8-10-21)17-5-3-16-4-6-18(13-20(16)12-17)19-2-1-11-23-14-19/h1-16,27-28H;1-14H,22H2. The van der Waals surface area contributed by atoms with Gasteiger partial charge in [-0.2, -0.15) is 0 Å². The van der Waals surface area contributed by atoms with Crippen molar-refractivity contribution in [2.75, 3.05) is 5.73 Å². The molecule has 7 aromatic carbocycles. The molecule has 0 amide bonds. The lowest BCUT2D eigenvalue weighted by Crippen LogP contribution is -2.16. The fourth-order valence-corrected chi connectivity index (χ4v) is 6.76. The van der Waals surface area contributed by atoms with E-state index in [1.165, 1.54) is 32.8 Å². The first-order valence-electron chi connectivity index (χ1n) is 16.9. The van der Waals surface area contributed by atoms with Crippen LogP contribution in [0.4, 0.5) is 5.69 Å². The van der Waals surface area contributed by atoms with Crippen LogP contribution in [0, 0.1) is 10.8 Å². The highest BCUT2D eigenvalue weighted by Crippen LogP contribution is 2.35. The summed E-state index contributed by atoms with van der Waals surface area (Å²) in [7, 11) is 0. The fraction of sp³-hybridized carbons (Fsp3) is 0. The molecule has 0 radical (unpaired) electrons. The third-order valence-corrected chi connectivity index (χ3v) is 9.40. The number of aromatic nitrogens is 1. The van der Waals surface area contributed by atoms with Gasteiger partial charge in [0, 0.05) is 29.2 Å². The summed E-state index contributed by atoms with van der Waals surface area (Å²) in [6.07, 6.45) is 7.55. The highest BCUT2D eigenvalue weighted by molar-refractivity contribution is 6.62. The number of fused-ring (bicyclic) bond motifs is 3. The predicted molar refractivity (Wildman–Crippen MR) is 216 cm³/mol. The molecular formula is C47H34N4. The molecule has 8 aromatic rings. The number of pyridine rings is 1. The number of hydrogen-bond donors (Lipinski definition) is 3. The topological polar surface area (TPSA) is 86.6 Å². The lowest BCUT2D eigenvalue weighted by molar-refractivity contribution is 1.33. The Morgan fingerprint density at radius 3 is 1.71 bits per heavy atom. The van der Waals surface area contributed by atoms with Crippen molar-refractivity contribution in [3.63, 3.8) is 0 Å². The molecule has 0 saturated heterocycles. The lowest BCUT2D eigenvalue weighted by atomic mass is 9.85. The zero-order valence-corrected chi connectivity index (χ0v) is 27.8. The maximum absolute atomic E-state index is 8.54. The Kier molecular flexibility index (Phi) is 8.33. The molecule has 1 aliphatic carbocycles. The Hall–Kier alpha value is -6.91. The van der Waals surface area contributed by atoms with Gasteiger partial charge in [-0.05, 0) is 108 Å². The smallest absolute Gasteiger partial charge is 0.0868 e. The van der Waals surface area contributed by atoms with E-state index in [2.05, 4.69) is 108 Å². The zero-order chi connectivity index (χ0) is 34.7. The second-order valence-corrected chi connectivity index (χ2v) is 12.6. The van der Waals surface area contributed by atoms with Gasteiger partial charge in [-0.3, -0.25) is 15.8 Å².